The quantitative estimate of drug-likeness (QED) is 0.482. The van der Waals surface area contributed by atoms with Crippen LogP contribution in [0, 0.1) is 0 Å². The SMILES string of the molecule is CCOC(C)OCC.CN(C)C=O. The fraction of sp³-hybridized carbons (Fsp3) is 0.889. The lowest BCUT2D eigenvalue weighted by Gasteiger charge is -2.09. The molecule has 0 unspecified atom stereocenters. The van der Waals surface area contributed by atoms with E-state index in [-0.39, 0.29) is 6.29 Å². The van der Waals surface area contributed by atoms with Gasteiger partial charge in [-0.2, -0.15) is 0 Å². The molecule has 0 fully saturated rings. The summed E-state index contributed by atoms with van der Waals surface area (Å²) in [6, 6.07) is 0. The van der Waals surface area contributed by atoms with Gasteiger partial charge in [0.15, 0.2) is 6.29 Å². The molecule has 0 aliphatic heterocycles. The van der Waals surface area contributed by atoms with E-state index in [1.807, 2.05) is 20.8 Å². The molecule has 4 heteroatoms. The zero-order chi connectivity index (χ0) is 10.7. The topological polar surface area (TPSA) is 38.8 Å². The number of nitrogens with zero attached hydrogens (tertiary/aromatic N) is 1. The lowest BCUT2D eigenvalue weighted by Crippen LogP contribution is -2.11. The normalized spacial score (nSPS) is 9.08. The van der Waals surface area contributed by atoms with Crippen LogP contribution in [0.2, 0.25) is 0 Å². The maximum Gasteiger partial charge on any atom is 0.209 e. The average Bonchev–Trinajstić information content (AvgIpc) is 2.06. The predicted octanol–water partition coefficient (Wildman–Crippen LogP) is 1.11. The molecule has 0 saturated heterocycles. The van der Waals surface area contributed by atoms with Gasteiger partial charge in [0, 0.05) is 27.3 Å². The lowest BCUT2D eigenvalue weighted by atomic mass is 10.7. The summed E-state index contributed by atoms with van der Waals surface area (Å²) in [4.78, 5) is 10.9. The molecule has 0 spiro atoms. The van der Waals surface area contributed by atoms with Crippen LogP contribution in [-0.4, -0.2) is 44.9 Å². The van der Waals surface area contributed by atoms with Gasteiger partial charge in [0.1, 0.15) is 0 Å². The first-order chi connectivity index (χ1) is 6.08. The van der Waals surface area contributed by atoms with E-state index in [2.05, 4.69) is 0 Å². The molecule has 0 saturated carbocycles. The van der Waals surface area contributed by atoms with Gasteiger partial charge in [0.05, 0.1) is 0 Å². The molecular weight excluding hydrogens is 170 g/mol. The van der Waals surface area contributed by atoms with Crippen LogP contribution < -0.4 is 0 Å². The first kappa shape index (κ1) is 14.9. The minimum Gasteiger partial charge on any atom is -0.353 e. The summed E-state index contributed by atoms with van der Waals surface area (Å²) in [5.41, 5.74) is 0. The highest BCUT2D eigenvalue weighted by Gasteiger charge is 1.94. The Morgan fingerprint density at radius 2 is 1.54 bits per heavy atom. The molecule has 4 nitrogen and oxygen atoms in total. The molecule has 13 heavy (non-hydrogen) atoms. The van der Waals surface area contributed by atoms with Crippen molar-refractivity contribution in [2.24, 2.45) is 0 Å². The number of hydrogen-bond donors (Lipinski definition) is 0. The summed E-state index contributed by atoms with van der Waals surface area (Å²) < 4.78 is 10.1. The third kappa shape index (κ3) is 18.4. The molecule has 0 bridgehead atoms. The van der Waals surface area contributed by atoms with Crippen LogP contribution in [0.15, 0.2) is 0 Å². The standard InChI is InChI=1S/C6H14O2.C3H7NO/c1-4-7-6(3)8-5-2;1-4(2)3-5/h6H,4-5H2,1-3H3;3H,1-2H3. The molecule has 0 heterocycles. The number of carbonyl (C=O) groups is 1. The van der Waals surface area contributed by atoms with Gasteiger partial charge in [-0.05, 0) is 20.8 Å². The smallest absolute Gasteiger partial charge is 0.209 e. The largest absolute Gasteiger partial charge is 0.353 e. The lowest BCUT2D eigenvalue weighted by molar-refractivity contribution is -0.123. The summed E-state index contributed by atoms with van der Waals surface area (Å²) in [5.74, 6) is 0. The van der Waals surface area contributed by atoms with E-state index >= 15 is 0 Å². The Morgan fingerprint density at radius 3 is 1.69 bits per heavy atom. The van der Waals surface area contributed by atoms with Crippen LogP contribution in [0.25, 0.3) is 0 Å². The Balaban J connectivity index is 0. The Hall–Kier alpha value is -0.610. The Labute approximate surface area is 80.8 Å². The first-order valence-corrected chi connectivity index (χ1v) is 4.43. The Morgan fingerprint density at radius 1 is 1.23 bits per heavy atom. The van der Waals surface area contributed by atoms with E-state index < -0.39 is 0 Å². The van der Waals surface area contributed by atoms with Gasteiger partial charge in [-0.3, -0.25) is 4.79 Å². The van der Waals surface area contributed by atoms with Gasteiger partial charge in [-0.25, -0.2) is 0 Å². The van der Waals surface area contributed by atoms with Crippen LogP contribution in [-0.2, 0) is 14.3 Å². The fourth-order valence-electron chi connectivity index (χ4n) is 0.518. The van der Waals surface area contributed by atoms with Crippen LogP contribution in [0.5, 0.6) is 0 Å². The molecule has 1 amide bonds. The zero-order valence-electron chi connectivity index (χ0n) is 9.24. The van der Waals surface area contributed by atoms with Gasteiger partial charge in [0.2, 0.25) is 6.41 Å². The highest BCUT2D eigenvalue weighted by atomic mass is 16.7. The molecule has 0 aliphatic carbocycles. The first-order valence-electron chi connectivity index (χ1n) is 4.43. The average molecular weight is 191 g/mol. The molecular formula is C9H21NO3. The predicted molar refractivity (Wildman–Crippen MR) is 52.5 cm³/mol. The monoisotopic (exact) mass is 191 g/mol. The molecule has 80 valence electrons. The van der Waals surface area contributed by atoms with Crippen LogP contribution in [0.3, 0.4) is 0 Å². The molecule has 0 aromatic carbocycles. The van der Waals surface area contributed by atoms with E-state index in [0.717, 1.165) is 19.6 Å². The number of ether oxygens (including phenoxy) is 2. The van der Waals surface area contributed by atoms with Gasteiger partial charge < -0.3 is 14.4 Å². The minimum absolute atomic E-state index is 0.0370. The second kappa shape index (κ2) is 11.4. The van der Waals surface area contributed by atoms with E-state index in [4.69, 9.17) is 9.47 Å². The van der Waals surface area contributed by atoms with Crippen molar-refractivity contribution in [2.75, 3.05) is 27.3 Å². The van der Waals surface area contributed by atoms with Crippen LogP contribution >= 0.6 is 0 Å². The maximum atomic E-state index is 9.43. The van der Waals surface area contributed by atoms with Crippen molar-refractivity contribution in [1.82, 2.24) is 4.90 Å². The number of carbonyl (C=O) groups excluding carboxylic acids is 1. The van der Waals surface area contributed by atoms with Crippen molar-refractivity contribution in [3.05, 3.63) is 0 Å². The molecule has 0 aromatic heterocycles. The van der Waals surface area contributed by atoms with Crippen molar-refractivity contribution in [2.45, 2.75) is 27.1 Å². The second-order valence-corrected chi connectivity index (χ2v) is 2.55. The van der Waals surface area contributed by atoms with Crippen molar-refractivity contribution >= 4 is 6.41 Å². The van der Waals surface area contributed by atoms with Crippen molar-refractivity contribution in [1.29, 1.82) is 0 Å². The van der Waals surface area contributed by atoms with Gasteiger partial charge in [0.25, 0.3) is 0 Å². The number of rotatable bonds is 5. The number of amides is 1. The van der Waals surface area contributed by atoms with Gasteiger partial charge >= 0.3 is 0 Å². The maximum absolute atomic E-state index is 9.43. The van der Waals surface area contributed by atoms with E-state index in [1.54, 1.807) is 14.1 Å². The summed E-state index contributed by atoms with van der Waals surface area (Å²) in [7, 11) is 3.38. The van der Waals surface area contributed by atoms with Crippen LogP contribution in [0.4, 0.5) is 0 Å². The molecule has 0 N–H and O–H groups in total. The molecule has 0 aromatic rings. The molecule has 0 rings (SSSR count). The van der Waals surface area contributed by atoms with E-state index in [9.17, 15) is 4.79 Å². The Bertz CT molecular complexity index is 101. The van der Waals surface area contributed by atoms with Crippen LogP contribution in [0.1, 0.15) is 20.8 Å². The number of hydrogen-bond acceptors (Lipinski definition) is 3. The molecule has 0 atom stereocenters. The van der Waals surface area contributed by atoms with Crippen molar-refractivity contribution < 1.29 is 14.3 Å². The highest BCUT2D eigenvalue weighted by Crippen LogP contribution is 1.90. The van der Waals surface area contributed by atoms with Gasteiger partial charge in [-0.15, -0.1) is 0 Å². The van der Waals surface area contributed by atoms with Crippen molar-refractivity contribution in [3.8, 4) is 0 Å². The summed E-state index contributed by atoms with van der Waals surface area (Å²) in [6.45, 7) is 7.25. The molecule has 0 radical (unpaired) electrons. The summed E-state index contributed by atoms with van der Waals surface area (Å²) in [5, 5.41) is 0. The summed E-state index contributed by atoms with van der Waals surface area (Å²) >= 11 is 0. The molecule has 0 aliphatic rings. The second-order valence-electron chi connectivity index (χ2n) is 2.55. The van der Waals surface area contributed by atoms with E-state index in [0.29, 0.717) is 0 Å². The summed E-state index contributed by atoms with van der Waals surface area (Å²) in [6.07, 6.45) is 0.713. The van der Waals surface area contributed by atoms with E-state index in [1.165, 1.54) is 4.90 Å². The third-order valence-electron chi connectivity index (χ3n) is 1.01. The fourth-order valence-corrected chi connectivity index (χ4v) is 0.518. The third-order valence-corrected chi connectivity index (χ3v) is 1.01. The highest BCUT2D eigenvalue weighted by molar-refractivity contribution is 5.45. The van der Waals surface area contributed by atoms with Crippen molar-refractivity contribution in [3.63, 3.8) is 0 Å². The Kier molecular flexibility index (Phi) is 13.0. The van der Waals surface area contributed by atoms with Gasteiger partial charge in [-0.1, -0.05) is 0 Å². The zero-order valence-corrected chi connectivity index (χ0v) is 9.24. The minimum atomic E-state index is -0.0370.